The lowest BCUT2D eigenvalue weighted by molar-refractivity contribution is 0.234. The van der Waals surface area contributed by atoms with Crippen molar-refractivity contribution in [1.82, 2.24) is 4.98 Å². The van der Waals surface area contributed by atoms with Crippen LogP contribution < -0.4 is 10.2 Å². The molecule has 0 saturated carbocycles. The molecule has 2 aromatic carbocycles. The van der Waals surface area contributed by atoms with E-state index in [-0.39, 0.29) is 0 Å². The maximum absolute atomic E-state index is 12.6. The van der Waals surface area contributed by atoms with Gasteiger partial charge in [-0.3, -0.25) is 0 Å². The first-order chi connectivity index (χ1) is 12.8. The van der Waals surface area contributed by atoms with Crippen LogP contribution in [0.3, 0.4) is 0 Å². The topological polar surface area (TPSA) is 62.3 Å². The maximum atomic E-state index is 12.6. The van der Waals surface area contributed by atoms with Gasteiger partial charge in [-0.15, -0.1) is 0 Å². The standard InChI is InChI=1S/C19H19F2N3O2S/c1-24(2)18-11-13(16-5-3-4-6-17(16)23-18)12-22-14-7-9-15(10-8-14)27(25,26)19(20)21/h3-11,19,22H,12H2,1-2H3. The number of pyridine rings is 1. The zero-order valence-electron chi connectivity index (χ0n) is 14.9. The number of para-hydroxylation sites is 1. The number of aromatic nitrogens is 1. The number of fused-ring (bicyclic) bond motifs is 1. The first-order valence-corrected chi connectivity index (χ1v) is 9.75. The number of sulfone groups is 1. The highest BCUT2D eigenvalue weighted by Gasteiger charge is 2.26. The molecule has 0 fully saturated rings. The van der Waals surface area contributed by atoms with E-state index in [1.807, 2.05) is 49.3 Å². The Morgan fingerprint density at radius 1 is 1.07 bits per heavy atom. The third-order valence-electron chi connectivity index (χ3n) is 4.15. The number of rotatable bonds is 6. The fourth-order valence-corrected chi connectivity index (χ4v) is 3.39. The fourth-order valence-electron chi connectivity index (χ4n) is 2.67. The number of alkyl halides is 2. The van der Waals surface area contributed by atoms with Crippen molar-refractivity contribution in [2.75, 3.05) is 24.3 Å². The Morgan fingerprint density at radius 3 is 2.37 bits per heavy atom. The summed E-state index contributed by atoms with van der Waals surface area (Å²) < 4.78 is 48.2. The Balaban J connectivity index is 1.85. The van der Waals surface area contributed by atoms with Gasteiger partial charge in [0.1, 0.15) is 5.82 Å². The summed E-state index contributed by atoms with van der Waals surface area (Å²) in [4.78, 5) is 6.13. The van der Waals surface area contributed by atoms with E-state index >= 15 is 0 Å². The summed E-state index contributed by atoms with van der Waals surface area (Å²) >= 11 is 0. The lowest BCUT2D eigenvalue weighted by Crippen LogP contribution is -2.12. The summed E-state index contributed by atoms with van der Waals surface area (Å²) in [6, 6.07) is 15.1. The average molecular weight is 391 g/mol. The minimum atomic E-state index is -4.58. The molecule has 0 saturated heterocycles. The molecule has 1 aromatic heterocycles. The van der Waals surface area contributed by atoms with Gasteiger partial charge in [-0.2, -0.15) is 8.78 Å². The second-order valence-electron chi connectivity index (χ2n) is 6.23. The Kier molecular flexibility index (Phi) is 5.27. The lowest BCUT2D eigenvalue weighted by Gasteiger charge is -2.16. The van der Waals surface area contributed by atoms with Crippen molar-refractivity contribution >= 4 is 32.2 Å². The number of halogens is 2. The van der Waals surface area contributed by atoms with Crippen LogP contribution in [0.1, 0.15) is 5.56 Å². The fraction of sp³-hybridized carbons (Fsp3) is 0.211. The third-order valence-corrected chi connectivity index (χ3v) is 5.55. The average Bonchev–Trinajstić information content (AvgIpc) is 2.66. The van der Waals surface area contributed by atoms with Crippen molar-refractivity contribution < 1.29 is 17.2 Å². The van der Waals surface area contributed by atoms with Crippen molar-refractivity contribution in [2.45, 2.75) is 17.2 Å². The second-order valence-corrected chi connectivity index (χ2v) is 8.15. The van der Waals surface area contributed by atoms with E-state index in [9.17, 15) is 17.2 Å². The molecule has 1 heterocycles. The Morgan fingerprint density at radius 2 is 1.74 bits per heavy atom. The predicted octanol–water partition coefficient (Wildman–Crippen LogP) is 3.91. The minimum Gasteiger partial charge on any atom is -0.381 e. The van der Waals surface area contributed by atoms with Gasteiger partial charge in [-0.1, -0.05) is 18.2 Å². The van der Waals surface area contributed by atoms with Crippen molar-refractivity contribution in [3.63, 3.8) is 0 Å². The summed E-state index contributed by atoms with van der Waals surface area (Å²) in [5, 5.41) is 4.21. The lowest BCUT2D eigenvalue weighted by atomic mass is 10.1. The van der Waals surface area contributed by atoms with Crippen LogP contribution in [-0.2, 0) is 16.4 Å². The molecule has 0 aliphatic heterocycles. The van der Waals surface area contributed by atoms with Crippen LogP contribution in [0.5, 0.6) is 0 Å². The number of hydrogen-bond donors (Lipinski definition) is 1. The number of nitrogens with zero attached hydrogens (tertiary/aromatic N) is 2. The molecule has 8 heteroatoms. The summed E-state index contributed by atoms with van der Waals surface area (Å²) in [6.07, 6.45) is 0. The van der Waals surface area contributed by atoms with Crippen LogP contribution in [0.4, 0.5) is 20.3 Å². The van der Waals surface area contributed by atoms with E-state index < -0.39 is 20.5 Å². The van der Waals surface area contributed by atoms with E-state index in [1.54, 1.807) is 0 Å². The highest BCUT2D eigenvalue weighted by atomic mass is 32.2. The molecule has 0 amide bonds. The SMILES string of the molecule is CN(C)c1cc(CNc2ccc(S(=O)(=O)C(F)F)cc2)c2ccccc2n1. The van der Waals surface area contributed by atoms with Gasteiger partial charge in [0.2, 0.25) is 9.84 Å². The minimum absolute atomic E-state index is 0.396. The van der Waals surface area contributed by atoms with E-state index in [4.69, 9.17) is 0 Å². The van der Waals surface area contributed by atoms with Gasteiger partial charge in [-0.05, 0) is 42.0 Å². The molecule has 1 N–H and O–H groups in total. The Labute approximate surface area is 156 Å². The molecule has 0 unspecified atom stereocenters. The second kappa shape index (κ2) is 7.48. The van der Waals surface area contributed by atoms with Crippen LogP contribution in [0.15, 0.2) is 59.5 Å². The molecular formula is C19H19F2N3O2S. The van der Waals surface area contributed by atoms with Gasteiger partial charge in [0.05, 0.1) is 10.4 Å². The summed E-state index contributed by atoms with van der Waals surface area (Å²) in [5.41, 5.74) is 2.53. The van der Waals surface area contributed by atoms with Crippen molar-refractivity contribution in [3.05, 3.63) is 60.2 Å². The Hall–Kier alpha value is -2.74. The smallest absolute Gasteiger partial charge is 0.341 e. The van der Waals surface area contributed by atoms with E-state index in [0.29, 0.717) is 12.2 Å². The van der Waals surface area contributed by atoms with E-state index in [2.05, 4.69) is 10.3 Å². The first-order valence-electron chi connectivity index (χ1n) is 8.21. The van der Waals surface area contributed by atoms with Crippen molar-refractivity contribution in [3.8, 4) is 0 Å². The molecule has 3 rings (SSSR count). The van der Waals surface area contributed by atoms with Crippen LogP contribution in [-0.4, -0.2) is 33.3 Å². The molecule has 0 atom stereocenters. The normalized spacial score (nSPS) is 11.7. The molecule has 3 aromatic rings. The van der Waals surface area contributed by atoms with Crippen LogP contribution >= 0.6 is 0 Å². The monoisotopic (exact) mass is 391 g/mol. The molecule has 0 spiro atoms. The molecule has 0 radical (unpaired) electrons. The van der Waals surface area contributed by atoms with E-state index in [0.717, 1.165) is 22.3 Å². The summed E-state index contributed by atoms with van der Waals surface area (Å²) in [7, 11) is -0.753. The number of nitrogens with one attached hydrogen (secondary N) is 1. The maximum Gasteiger partial charge on any atom is 0.341 e. The van der Waals surface area contributed by atoms with Crippen LogP contribution in [0.2, 0.25) is 0 Å². The Bertz CT molecular complexity index is 1050. The molecule has 27 heavy (non-hydrogen) atoms. The zero-order valence-corrected chi connectivity index (χ0v) is 15.7. The summed E-state index contributed by atoms with van der Waals surface area (Å²) in [5.74, 6) is -2.60. The summed E-state index contributed by atoms with van der Waals surface area (Å²) in [6.45, 7) is 0.477. The molecule has 5 nitrogen and oxygen atoms in total. The number of anilines is 2. The molecule has 0 aliphatic rings. The first kappa shape index (κ1) is 19.0. The van der Waals surface area contributed by atoms with Crippen LogP contribution in [0, 0.1) is 0 Å². The van der Waals surface area contributed by atoms with Crippen molar-refractivity contribution in [1.29, 1.82) is 0 Å². The largest absolute Gasteiger partial charge is 0.381 e. The van der Waals surface area contributed by atoms with Gasteiger partial charge >= 0.3 is 5.76 Å². The number of hydrogen-bond acceptors (Lipinski definition) is 5. The van der Waals surface area contributed by atoms with Gasteiger partial charge in [0, 0.05) is 31.7 Å². The van der Waals surface area contributed by atoms with E-state index in [1.165, 1.54) is 24.3 Å². The van der Waals surface area contributed by atoms with Gasteiger partial charge in [-0.25, -0.2) is 13.4 Å². The molecular weight excluding hydrogens is 372 g/mol. The van der Waals surface area contributed by atoms with Gasteiger partial charge in [0.15, 0.2) is 0 Å². The van der Waals surface area contributed by atoms with Crippen LogP contribution in [0.25, 0.3) is 10.9 Å². The van der Waals surface area contributed by atoms with Gasteiger partial charge in [0.25, 0.3) is 0 Å². The molecule has 0 aliphatic carbocycles. The third kappa shape index (κ3) is 4.00. The molecule has 0 bridgehead atoms. The highest BCUT2D eigenvalue weighted by molar-refractivity contribution is 7.91. The van der Waals surface area contributed by atoms with Crippen molar-refractivity contribution in [2.24, 2.45) is 0 Å². The highest BCUT2D eigenvalue weighted by Crippen LogP contribution is 2.24. The quantitative estimate of drug-likeness (QED) is 0.690. The zero-order chi connectivity index (χ0) is 19.6. The molecule has 142 valence electrons. The number of benzene rings is 2. The van der Waals surface area contributed by atoms with Gasteiger partial charge < -0.3 is 10.2 Å². The predicted molar refractivity (Wildman–Crippen MR) is 103 cm³/mol.